The fourth-order valence-corrected chi connectivity index (χ4v) is 2.96. The van der Waals surface area contributed by atoms with Crippen molar-refractivity contribution < 1.29 is 14.3 Å². The Bertz CT molecular complexity index is 1020. The molecule has 0 spiro atoms. The minimum absolute atomic E-state index is 0.0595. The monoisotopic (exact) mass is 377 g/mol. The van der Waals surface area contributed by atoms with Gasteiger partial charge in [-0.05, 0) is 58.0 Å². The minimum atomic E-state index is -0.563. The predicted molar refractivity (Wildman–Crippen MR) is 108 cm³/mol. The van der Waals surface area contributed by atoms with Gasteiger partial charge in [-0.25, -0.2) is 14.8 Å². The SMILES string of the molecule is Cc1nc2ccc(C(=O)OCC(=O)N(c3ccccc3)C(C)C)cc2nc1C. The van der Waals surface area contributed by atoms with Gasteiger partial charge in [0.15, 0.2) is 6.61 Å². The number of aryl methyl sites for hydroxylation is 2. The summed E-state index contributed by atoms with van der Waals surface area (Å²) in [6, 6.07) is 14.3. The van der Waals surface area contributed by atoms with Gasteiger partial charge in [0, 0.05) is 11.7 Å². The van der Waals surface area contributed by atoms with E-state index in [2.05, 4.69) is 9.97 Å². The van der Waals surface area contributed by atoms with E-state index in [1.807, 2.05) is 58.0 Å². The molecular weight excluding hydrogens is 354 g/mol. The summed E-state index contributed by atoms with van der Waals surface area (Å²) < 4.78 is 5.27. The van der Waals surface area contributed by atoms with Crippen LogP contribution in [0.2, 0.25) is 0 Å². The Labute approximate surface area is 164 Å². The van der Waals surface area contributed by atoms with Gasteiger partial charge in [-0.3, -0.25) is 4.79 Å². The third-order valence-corrected chi connectivity index (χ3v) is 4.46. The predicted octanol–water partition coefficient (Wildman–Crippen LogP) is 3.85. The maximum atomic E-state index is 12.6. The maximum Gasteiger partial charge on any atom is 0.338 e. The van der Waals surface area contributed by atoms with Crippen molar-refractivity contribution >= 4 is 28.6 Å². The van der Waals surface area contributed by atoms with Crippen LogP contribution in [-0.2, 0) is 9.53 Å². The molecule has 0 saturated carbocycles. The zero-order chi connectivity index (χ0) is 20.3. The van der Waals surface area contributed by atoms with Crippen LogP contribution in [0.25, 0.3) is 11.0 Å². The lowest BCUT2D eigenvalue weighted by Crippen LogP contribution is -2.39. The number of rotatable bonds is 5. The Hall–Kier alpha value is -3.28. The van der Waals surface area contributed by atoms with Crippen molar-refractivity contribution in [1.29, 1.82) is 0 Å². The van der Waals surface area contributed by atoms with Crippen molar-refractivity contribution in [3.8, 4) is 0 Å². The number of carbonyl (C=O) groups excluding carboxylic acids is 2. The van der Waals surface area contributed by atoms with Gasteiger partial charge < -0.3 is 9.64 Å². The highest BCUT2D eigenvalue weighted by Gasteiger charge is 2.21. The van der Waals surface area contributed by atoms with E-state index in [1.54, 1.807) is 23.1 Å². The van der Waals surface area contributed by atoms with Gasteiger partial charge in [-0.2, -0.15) is 0 Å². The van der Waals surface area contributed by atoms with Crippen LogP contribution in [0.1, 0.15) is 35.6 Å². The molecule has 0 aliphatic carbocycles. The second-order valence-electron chi connectivity index (χ2n) is 6.87. The molecule has 1 aromatic heterocycles. The van der Waals surface area contributed by atoms with Crippen LogP contribution in [0.3, 0.4) is 0 Å². The topological polar surface area (TPSA) is 72.4 Å². The average molecular weight is 377 g/mol. The fraction of sp³-hybridized carbons (Fsp3) is 0.273. The second-order valence-corrected chi connectivity index (χ2v) is 6.87. The van der Waals surface area contributed by atoms with Crippen LogP contribution in [0, 0.1) is 13.8 Å². The van der Waals surface area contributed by atoms with E-state index < -0.39 is 5.97 Å². The normalized spacial score (nSPS) is 10.9. The number of carbonyl (C=O) groups is 2. The van der Waals surface area contributed by atoms with Crippen LogP contribution < -0.4 is 4.90 Å². The first-order valence-corrected chi connectivity index (χ1v) is 9.16. The molecule has 0 aliphatic heterocycles. The zero-order valence-corrected chi connectivity index (χ0v) is 16.5. The molecule has 0 atom stereocenters. The van der Waals surface area contributed by atoms with Crippen molar-refractivity contribution in [3.05, 3.63) is 65.5 Å². The lowest BCUT2D eigenvalue weighted by molar-refractivity contribution is -0.122. The highest BCUT2D eigenvalue weighted by molar-refractivity contribution is 5.98. The number of ether oxygens (including phenoxy) is 1. The van der Waals surface area contributed by atoms with E-state index in [-0.39, 0.29) is 18.6 Å². The number of anilines is 1. The number of aromatic nitrogens is 2. The minimum Gasteiger partial charge on any atom is -0.452 e. The second kappa shape index (κ2) is 8.17. The van der Waals surface area contributed by atoms with Crippen LogP contribution in [0.4, 0.5) is 5.69 Å². The molecule has 144 valence electrons. The number of nitrogens with zero attached hydrogens (tertiary/aromatic N) is 3. The Balaban J connectivity index is 1.73. The molecule has 28 heavy (non-hydrogen) atoms. The number of amides is 1. The molecule has 0 saturated heterocycles. The van der Waals surface area contributed by atoms with Gasteiger partial charge in [0.2, 0.25) is 0 Å². The maximum absolute atomic E-state index is 12.6. The highest BCUT2D eigenvalue weighted by atomic mass is 16.5. The molecule has 0 bridgehead atoms. The standard InChI is InChI=1S/C22H23N3O3/c1-14(2)25(18-8-6-5-7-9-18)21(26)13-28-22(27)17-10-11-19-20(12-17)24-16(4)15(3)23-19/h5-12,14H,13H2,1-4H3. The number of benzene rings is 2. The molecule has 0 fully saturated rings. The number of fused-ring (bicyclic) bond motifs is 1. The first-order chi connectivity index (χ1) is 13.4. The first-order valence-electron chi connectivity index (χ1n) is 9.16. The molecule has 3 rings (SSSR count). The molecule has 0 unspecified atom stereocenters. The van der Waals surface area contributed by atoms with Crippen molar-refractivity contribution in [1.82, 2.24) is 9.97 Å². The summed E-state index contributed by atoms with van der Waals surface area (Å²) >= 11 is 0. The van der Waals surface area contributed by atoms with Crippen molar-refractivity contribution in [3.63, 3.8) is 0 Å². The Kier molecular flexibility index (Phi) is 5.68. The fourth-order valence-electron chi connectivity index (χ4n) is 2.96. The summed E-state index contributed by atoms with van der Waals surface area (Å²) in [5, 5.41) is 0. The third kappa shape index (κ3) is 4.17. The lowest BCUT2D eigenvalue weighted by Gasteiger charge is -2.26. The number of esters is 1. The summed E-state index contributed by atoms with van der Waals surface area (Å²) in [4.78, 5) is 35.6. The Morgan fingerprint density at radius 2 is 1.61 bits per heavy atom. The lowest BCUT2D eigenvalue weighted by atomic mass is 10.2. The van der Waals surface area contributed by atoms with Crippen LogP contribution in [0.15, 0.2) is 48.5 Å². The van der Waals surface area contributed by atoms with Crippen molar-refractivity contribution in [2.45, 2.75) is 33.7 Å². The van der Waals surface area contributed by atoms with Gasteiger partial charge in [0.1, 0.15) is 0 Å². The molecule has 0 N–H and O–H groups in total. The largest absolute Gasteiger partial charge is 0.452 e. The van der Waals surface area contributed by atoms with Crippen LogP contribution in [0.5, 0.6) is 0 Å². The van der Waals surface area contributed by atoms with E-state index in [1.165, 1.54) is 0 Å². The molecule has 0 aliphatic rings. The molecule has 6 heteroatoms. The quantitative estimate of drug-likeness (QED) is 0.632. The molecule has 6 nitrogen and oxygen atoms in total. The summed E-state index contributed by atoms with van der Waals surface area (Å²) in [5.41, 5.74) is 4.11. The molecule has 0 radical (unpaired) electrons. The third-order valence-electron chi connectivity index (χ3n) is 4.46. The van der Waals surface area contributed by atoms with Gasteiger partial charge in [0.25, 0.3) is 5.91 Å². The molecule has 1 amide bonds. The average Bonchev–Trinajstić information content (AvgIpc) is 2.67. The molecule has 1 heterocycles. The number of para-hydroxylation sites is 1. The molecular formula is C22H23N3O3. The van der Waals surface area contributed by atoms with E-state index in [0.29, 0.717) is 16.6 Å². The van der Waals surface area contributed by atoms with Crippen molar-refractivity contribution in [2.75, 3.05) is 11.5 Å². The van der Waals surface area contributed by atoms with Crippen molar-refractivity contribution in [2.24, 2.45) is 0 Å². The van der Waals surface area contributed by atoms with Crippen LogP contribution in [-0.4, -0.2) is 34.5 Å². The van der Waals surface area contributed by atoms with Gasteiger partial charge in [-0.15, -0.1) is 0 Å². The summed E-state index contributed by atoms with van der Waals surface area (Å²) in [6.45, 7) is 7.26. The van der Waals surface area contributed by atoms with E-state index in [0.717, 1.165) is 17.1 Å². The van der Waals surface area contributed by atoms with Crippen LogP contribution >= 0.6 is 0 Å². The first kappa shape index (κ1) is 19.5. The van der Waals surface area contributed by atoms with Gasteiger partial charge in [-0.1, -0.05) is 18.2 Å². The molecule has 2 aromatic carbocycles. The van der Waals surface area contributed by atoms with Gasteiger partial charge >= 0.3 is 5.97 Å². The van der Waals surface area contributed by atoms with E-state index in [4.69, 9.17) is 4.74 Å². The summed E-state index contributed by atoms with van der Waals surface area (Å²) in [7, 11) is 0. The smallest absolute Gasteiger partial charge is 0.338 e. The summed E-state index contributed by atoms with van der Waals surface area (Å²) in [5.74, 6) is -0.839. The summed E-state index contributed by atoms with van der Waals surface area (Å²) in [6.07, 6.45) is 0. The Morgan fingerprint density at radius 3 is 2.25 bits per heavy atom. The Morgan fingerprint density at radius 1 is 0.964 bits per heavy atom. The zero-order valence-electron chi connectivity index (χ0n) is 16.5. The van der Waals surface area contributed by atoms with Gasteiger partial charge in [0.05, 0.1) is 28.0 Å². The highest BCUT2D eigenvalue weighted by Crippen LogP contribution is 2.18. The number of hydrogen-bond acceptors (Lipinski definition) is 5. The van der Waals surface area contributed by atoms with E-state index in [9.17, 15) is 9.59 Å². The number of hydrogen-bond donors (Lipinski definition) is 0. The molecule has 3 aromatic rings. The van der Waals surface area contributed by atoms with E-state index >= 15 is 0 Å².